The van der Waals surface area contributed by atoms with Crippen LogP contribution in [-0.4, -0.2) is 24.3 Å². The maximum absolute atomic E-state index is 13.6. The Balaban J connectivity index is 1.38. The monoisotopic (exact) mass is 381 g/mol. The van der Waals surface area contributed by atoms with E-state index in [2.05, 4.69) is 10.9 Å². The minimum absolute atomic E-state index is 0.0679. The maximum Gasteiger partial charge on any atom is 0.272 e. The highest BCUT2D eigenvalue weighted by Gasteiger charge is 2.35. The van der Waals surface area contributed by atoms with E-state index in [9.17, 15) is 18.8 Å². The Bertz CT molecular complexity index is 960. The number of nitrogens with one attached hydrogen (secondary N) is 2. The molecule has 0 aromatic heterocycles. The molecule has 3 amide bonds. The molecule has 144 valence electrons. The van der Waals surface area contributed by atoms with Crippen molar-refractivity contribution in [2.45, 2.75) is 25.7 Å². The number of rotatable bonds is 3. The SMILES string of the molecule is O=C(NNC(=O)C1CC(=O)N(c2ccc3c(c2)CCC3)C1)c1ccccc1F. The molecule has 2 aliphatic rings. The van der Waals surface area contributed by atoms with Gasteiger partial charge in [0.15, 0.2) is 0 Å². The van der Waals surface area contributed by atoms with Crippen LogP contribution in [0.2, 0.25) is 0 Å². The van der Waals surface area contributed by atoms with E-state index in [1.54, 1.807) is 4.90 Å². The summed E-state index contributed by atoms with van der Waals surface area (Å²) in [4.78, 5) is 38.4. The summed E-state index contributed by atoms with van der Waals surface area (Å²) in [6.07, 6.45) is 3.27. The average molecular weight is 381 g/mol. The predicted octanol–water partition coefficient (Wildman–Crippen LogP) is 2.13. The van der Waals surface area contributed by atoms with Crippen molar-refractivity contribution < 1.29 is 18.8 Å². The third-order valence-corrected chi connectivity index (χ3v) is 5.31. The van der Waals surface area contributed by atoms with Crippen molar-refractivity contribution in [3.05, 3.63) is 65.0 Å². The molecule has 0 bridgehead atoms. The van der Waals surface area contributed by atoms with Gasteiger partial charge in [0.25, 0.3) is 5.91 Å². The predicted molar refractivity (Wildman–Crippen MR) is 101 cm³/mol. The lowest BCUT2D eigenvalue weighted by Gasteiger charge is -2.18. The van der Waals surface area contributed by atoms with Gasteiger partial charge in [0.05, 0.1) is 11.5 Å². The van der Waals surface area contributed by atoms with E-state index in [1.807, 2.05) is 18.2 Å². The van der Waals surface area contributed by atoms with Crippen molar-refractivity contribution in [2.75, 3.05) is 11.4 Å². The van der Waals surface area contributed by atoms with Gasteiger partial charge in [-0.15, -0.1) is 0 Å². The minimum atomic E-state index is -0.744. The van der Waals surface area contributed by atoms with Gasteiger partial charge in [0.2, 0.25) is 11.8 Å². The first-order chi connectivity index (χ1) is 13.5. The molecule has 1 aliphatic carbocycles. The second-order valence-electron chi connectivity index (χ2n) is 7.14. The van der Waals surface area contributed by atoms with Crippen LogP contribution in [0.15, 0.2) is 42.5 Å². The molecule has 6 nitrogen and oxygen atoms in total. The number of hydrogen-bond acceptors (Lipinski definition) is 3. The van der Waals surface area contributed by atoms with E-state index in [4.69, 9.17) is 0 Å². The normalized spacial score (nSPS) is 18.1. The molecule has 1 fully saturated rings. The first kappa shape index (κ1) is 18.2. The molecule has 2 N–H and O–H groups in total. The highest BCUT2D eigenvalue weighted by atomic mass is 19.1. The van der Waals surface area contributed by atoms with Crippen molar-refractivity contribution in [2.24, 2.45) is 5.92 Å². The van der Waals surface area contributed by atoms with Gasteiger partial charge in [0, 0.05) is 18.7 Å². The van der Waals surface area contributed by atoms with Crippen molar-refractivity contribution in [3.8, 4) is 0 Å². The molecule has 1 unspecified atom stereocenters. The number of carbonyl (C=O) groups excluding carboxylic acids is 3. The maximum atomic E-state index is 13.6. The summed E-state index contributed by atoms with van der Waals surface area (Å²) in [6.45, 7) is 0.249. The largest absolute Gasteiger partial charge is 0.312 e. The Kier molecular flexibility index (Phi) is 4.81. The number of benzene rings is 2. The van der Waals surface area contributed by atoms with Gasteiger partial charge >= 0.3 is 0 Å². The number of amides is 3. The summed E-state index contributed by atoms with van der Waals surface area (Å²) in [5.41, 5.74) is 7.73. The van der Waals surface area contributed by atoms with Crippen LogP contribution in [0.3, 0.4) is 0 Å². The van der Waals surface area contributed by atoms with Crippen molar-refractivity contribution in [1.82, 2.24) is 10.9 Å². The van der Waals surface area contributed by atoms with Crippen LogP contribution in [0.1, 0.15) is 34.3 Å². The quantitative estimate of drug-likeness (QED) is 0.800. The Hall–Kier alpha value is -3.22. The summed E-state index contributed by atoms with van der Waals surface area (Å²) in [7, 11) is 0. The first-order valence-electron chi connectivity index (χ1n) is 9.30. The number of hydrogen-bond donors (Lipinski definition) is 2. The zero-order valence-electron chi connectivity index (χ0n) is 15.2. The topological polar surface area (TPSA) is 78.5 Å². The summed E-state index contributed by atoms with van der Waals surface area (Å²) in [5.74, 6) is -2.60. The fourth-order valence-corrected chi connectivity index (χ4v) is 3.79. The second kappa shape index (κ2) is 7.42. The summed E-state index contributed by atoms with van der Waals surface area (Å²) in [6, 6.07) is 11.5. The van der Waals surface area contributed by atoms with Crippen molar-refractivity contribution in [1.29, 1.82) is 0 Å². The molecule has 4 rings (SSSR count). The lowest BCUT2D eigenvalue weighted by Crippen LogP contribution is -2.45. The minimum Gasteiger partial charge on any atom is -0.312 e. The van der Waals surface area contributed by atoms with Gasteiger partial charge in [-0.1, -0.05) is 18.2 Å². The molecule has 1 atom stereocenters. The van der Waals surface area contributed by atoms with E-state index < -0.39 is 23.5 Å². The fourth-order valence-electron chi connectivity index (χ4n) is 3.79. The van der Waals surface area contributed by atoms with Crippen LogP contribution in [0.5, 0.6) is 0 Å². The zero-order valence-corrected chi connectivity index (χ0v) is 15.2. The molecule has 0 saturated carbocycles. The van der Waals surface area contributed by atoms with Gasteiger partial charge in [-0.05, 0) is 54.7 Å². The van der Waals surface area contributed by atoms with E-state index in [1.165, 1.54) is 35.4 Å². The van der Waals surface area contributed by atoms with Gasteiger partial charge in [-0.2, -0.15) is 0 Å². The van der Waals surface area contributed by atoms with Crippen LogP contribution in [0, 0.1) is 11.7 Å². The number of anilines is 1. The zero-order chi connectivity index (χ0) is 19.7. The Labute approximate surface area is 161 Å². The molecule has 7 heteroatoms. The Morgan fingerprint density at radius 1 is 1.04 bits per heavy atom. The highest BCUT2D eigenvalue weighted by molar-refractivity contribution is 6.01. The molecular formula is C21H20FN3O3. The third-order valence-electron chi connectivity index (χ3n) is 5.31. The van der Waals surface area contributed by atoms with Crippen LogP contribution in [0.4, 0.5) is 10.1 Å². The number of fused-ring (bicyclic) bond motifs is 1. The lowest BCUT2D eigenvalue weighted by atomic mass is 10.1. The highest BCUT2D eigenvalue weighted by Crippen LogP contribution is 2.30. The number of carbonyl (C=O) groups is 3. The standard InChI is InChI=1S/C21H20FN3O3/c22-18-7-2-1-6-17(18)21(28)24-23-20(27)15-11-19(26)25(12-15)16-9-8-13-4-3-5-14(13)10-16/h1-2,6-10,15H,3-5,11-12H2,(H,23,27)(H,24,28). The molecule has 1 heterocycles. The Morgan fingerprint density at radius 3 is 2.64 bits per heavy atom. The van der Waals surface area contributed by atoms with E-state index in [-0.39, 0.29) is 24.4 Å². The lowest BCUT2D eigenvalue weighted by molar-refractivity contribution is -0.126. The van der Waals surface area contributed by atoms with Gasteiger partial charge in [-0.25, -0.2) is 4.39 Å². The number of hydrazine groups is 1. The smallest absolute Gasteiger partial charge is 0.272 e. The van der Waals surface area contributed by atoms with Crippen LogP contribution in [-0.2, 0) is 22.4 Å². The molecule has 0 spiro atoms. The number of aryl methyl sites for hydroxylation is 2. The Morgan fingerprint density at radius 2 is 1.82 bits per heavy atom. The van der Waals surface area contributed by atoms with E-state index >= 15 is 0 Å². The third kappa shape index (κ3) is 3.47. The van der Waals surface area contributed by atoms with Gasteiger partial charge < -0.3 is 4.90 Å². The summed E-state index contributed by atoms with van der Waals surface area (Å²) >= 11 is 0. The van der Waals surface area contributed by atoms with Crippen LogP contribution < -0.4 is 15.8 Å². The van der Waals surface area contributed by atoms with Crippen molar-refractivity contribution in [3.63, 3.8) is 0 Å². The van der Waals surface area contributed by atoms with Gasteiger partial charge in [-0.3, -0.25) is 25.2 Å². The molecule has 1 aliphatic heterocycles. The number of nitrogens with zero attached hydrogens (tertiary/aromatic N) is 1. The van der Waals surface area contributed by atoms with Gasteiger partial charge in [0.1, 0.15) is 5.82 Å². The van der Waals surface area contributed by atoms with Crippen LogP contribution >= 0.6 is 0 Å². The molecule has 2 aromatic rings. The first-order valence-corrected chi connectivity index (χ1v) is 9.30. The molecular weight excluding hydrogens is 361 g/mol. The molecule has 1 saturated heterocycles. The van der Waals surface area contributed by atoms with E-state index in [0.29, 0.717) is 0 Å². The van der Waals surface area contributed by atoms with Crippen LogP contribution in [0.25, 0.3) is 0 Å². The van der Waals surface area contributed by atoms with Crippen molar-refractivity contribution >= 4 is 23.4 Å². The molecule has 28 heavy (non-hydrogen) atoms. The number of halogens is 1. The summed E-state index contributed by atoms with van der Waals surface area (Å²) < 4.78 is 13.6. The summed E-state index contributed by atoms with van der Waals surface area (Å²) in [5, 5.41) is 0. The fraction of sp³-hybridized carbons (Fsp3) is 0.286. The molecule has 2 aromatic carbocycles. The van der Waals surface area contributed by atoms with E-state index in [0.717, 1.165) is 24.9 Å². The second-order valence-corrected chi connectivity index (χ2v) is 7.14. The molecule has 0 radical (unpaired) electrons. The average Bonchev–Trinajstić information content (AvgIpc) is 3.32.